The second kappa shape index (κ2) is 15.2. The minimum absolute atomic E-state index is 0.0152. The Balaban J connectivity index is 1.19. The largest absolute Gasteiger partial charge is 0.455 e. The molecule has 2 unspecified atom stereocenters. The first kappa shape index (κ1) is 36.5. The lowest BCUT2D eigenvalue weighted by Gasteiger charge is -2.21. The summed E-state index contributed by atoms with van der Waals surface area (Å²) in [7, 11) is 0. The molecule has 0 saturated carbocycles. The summed E-state index contributed by atoms with van der Waals surface area (Å²) in [5.74, 6) is 0.0152. The summed E-state index contributed by atoms with van der Waals surface area (Å²) < 4.78 is 6.73. The quantitative estimate of drug-likeness (QED) is 0.154. The molecular formula is C59H43NO. The number of hydrogen-bond donors (Lipinski definition) is 0. The van der Waals surface area contributed by atoms with Crippen molar-refractivity contribution in [2.24, 2.45) is 4.99 Å². The molecule has 0 spiro atoms. The summed E-state index contributed by atoms with van der Waals surface area (Å²) in [6, 6.07) is 67.0. The Morgan fingerprint density at radius 3 is 1.98 bits per heavy atom. The lowest BCUT2D eigenvalue weighted by atomic mass is 9.84. The molecule has 0 bridgehead atoms. The van der Waals surface area contributed by atoms with E-state index < -0.39 is 0 Å². The highest BCUT2D eigenvalue weighted by molar-refractivity contribution is 6.13. The van der Waals surface area contributed by atoms with Crippen LogP contribution >= 0.6 is 0 Å². The Bertz CT molecular complexity index is 3270. The van der Waals surface area contributed by atoms with Crippen LogP contribution in [0.15, 0.2) is 234 Å². The van der Waals surface area contributed by atoms with Crippen molar-refractivity contribution in [2.45, 2.75) is 24.8 Å². The van der Waals surface area contributed by atoms with Crippen molar-refractivity contribution >= 4 is 49.6 Å². The van der Waals surface area contributed by atoms with Crippen molar-refractivity contribution in [1.29, 1.82) is 0 Å². The van der Waals surface area contributed by atoms with E-state index in [4.69, 9.17) is 22.6 Å². The normalized spacial score (nSPS) is 16.8. The van der Waals surface area contributed by atoms with Crippen molar-refractivity contribution in [1.82, 2.24) is 0 Å². The van der Waals surface area contributed by atoms with Gasteiger partial charge in [-0.2, -0.15) is 0 Å². The van der Waals surface area contributed by atoms with Crippen LogP contribution in [0.5, 0.6) is 0 Å². The van der Waals surface area contributed by atoms with Crippen LogP contribution in [-0.4, -0.2) is 5.71 Å². The van der Waals surface area contributed by atoms with Gasteiger partial charge in [0.05, 0.1) is 11.8 Å². The van der Waals surface area contributed by atoms with Gasteiger partial charge in [0.15, 0.2) is 0 Å². The van der Waals surface area contributed by atoms with Crippen LogP contribution in [0.1, 0.15) is 57.3 Å². The molecular weight excluding hydrogens is 739 g/mol. The first-order valence-electron chi connectivity index (χ1n) is 21.1. The topological polar surface area (TPSA) is 25.5 Å². The van der Waals surface area contributed by atoms with E-state index in [2.05, 4.69) is 194 Å². The zero-order valence-electron chi connectivity index (χ0n) is 33.9. The average molecular weight is 782 g/mol. The Hall–Kier alpha value is -7.55. The lowest BCUT2D eigenvalue weighted by molar-refractivity contribution is 0.670. The highest BCUT2D eigenvalue weighted by Crippen LogP contribution is 2.46. The molecule has 2 nitrogen and oxygen atoms in total. The Morgan fingerprint density at radius 1 is 0.508 bits per heavy atom. The molecule has 2 aliphatic rings. The number of hydrogen-bond acceptors (Lipinski definition) is 2. The molecule has 1 aromatic heterocycles. The van der Waals surface area contributed by atoms with Gasteiger partial charge in [0, 0.05) is 22.3 Å². The number of aliphatic imine (C=N–C) groups is 1. The monoisotopic (exact) mass is 781 g/mol. The van der Waals surface area contributed by atoms with Gasteiger partial charge in [0.25, 0.3) is 0 Å². The Morgan fingerprint density at radius 2 is 1.18 bits per heavy atom. The number of furan rings is 1. The van der Waals surface area contributed by atoms with E-state index in [0.717, 1.165) is 67.5 Å². The molecule has 0 radical (unpaired) electrons. The molecule has 0 saturated heterocycles. The lowest BCUT2D eigenvalue weighted by Crippen LogP contribution is -2.05. The van der Waals surface area contributed by atoms with E-state index in [1.165, 1.54) is 49.7 Å². The van der Waals surface area contributed by atoms with Crippen molar-refractivity contribution in [2.75, 3.05) is 0 Å². The van der Waals surface area contributed by atoms with E-state index in [1.807, 2.05) is 6.07 Å². The molecule has 1 aliphatic heterocycles. The van der Waals surface area contributed by atoms with Crippen molar-refractivity contribution in [3.8, 4) is 11.1 Å². The first-order valence-corrected chi connectivity index (χ1v) is 21.1. The third kappa shape index (κ3) is 6.67. The number of allylic oxidation sites excluding steroid dienone is 4. The van der Waals surface area contributed by atoms with Gasteiger partial charge in [-0.3, -0.25) is 4.99 Å². The average Bonchev–Trinajstić information content (AvgIpc) is 3.50. The molecule has 2 heterocycles. The van der Waals surface area contributed by atoms with Crippen LogP contribution in [0, 0.1) is 0 Å². The third-order valence-corrected chi connectivity index (χ3v) is 12.5. The third-order valence-electron chi connectivity index (χ3n) is 12.5. The van der Waals surface area contributed by atoms with Gasteiger partial charge >= 0.3 is 0 Å². The smallest absolute Gasteiger partial charge is 0.143 e. The van der Waals surface area contributed by atoms with E-state index in [-0.39, 0.29) is 12.0 Å². The number of rotatable bonds is 6. The maximum atomic E-state index is 6.73. The molecule has 2 atom stereocenters. The molecule has 290 valence electrons. The fraction of sp³-hybridized carbons (Fsp3) is 0.0678. The summed E-state index contributed by atoms with van der Waals surface area (Å²) >= 11 is 0. The number of benzene rings is 8. The van der Waals surface area contributed by atoms with Gasteiger partial charge in [-0.05, 0) is 115 Å². The van der Waals surface area contributed by atoms with E-state index in [0.29, 0.717) is 6.42 Å². The van der Waals surface area contributed by atoms with E-state index in [9.17, 15) is 0 Å². The zero-order chi connectivity index (χ0) is 40.9. The summed E-state index contributed by atoms with van der Waals surface area (Å²) in [4.78, 5) is 5.66. The number of para-hydroxylation sites is 2. The fourth-order valence-electron chi connectivity index (χ4n) is 9.57. The van der Waals surface area contributed by atoms with Crippen LogP contribution in [0.4, 0.5) is 0 Å². The van der Waals surface area contributed by atoms with Gasteiger partial charge in [-0.25, -0.2) is 0 Å². The van der Waals surface area contributed by atoms with Gasteiger partial charge in [-0.15, -0.1) is 0 Å². The highest BCUT2D eigenvalue weighted by Gasteiger charge is 2.28. The second-order valence-electron chi connectivity index (χ2n) is 16.4. The highest BCUT2D eigenvalue weighted by atomic mass is 16.3. The van der Waals surface area contributed by atoms with E-state index in [1.54, 1.807) is 0 Å². The van der Waals surface area contributed by atoms with Crippen LogP contribution in [0.25, 0.3) is 55.0 Å². The molecule has 1 aliphatic carbocycles. The molecule has 11 rings (SSSR count). The molecule has 2 heteroatoms. The molecule has 0 amide bonds. The molecule has 0 fully saturated rings. The second-order valence-corrected chi connectivity index (χ2v) is 16.4. The van der Waals surface area contributed by atoms with Gasteiger partial charge in [0.2, 0.25) is 0 Å². The summed E-state index contributed by atoms with van der Waals surface area (Å²) in [5, 5.41) is 4.67. The fourth-order valence-corrected chi connectivity index (χ4v) is 9.57. The first-order chi connectivity index (χ1) is 30.1. The predicted octanol–water partition coefficient (Wildman–Crippen LogP) is 15.3. The molecule has 8 aromatic carbocycles. The minimum atomic E-state index is -0.320. The summed E-state index contributed by atoms with van der Waals surface area (Å²) in [6.07, 6.45) is 6.21. The van der Waals surface area contributed by atoms with Crippen LogP contribution < -0.4 is 0 Å². The van der Waals surface area contributed by atoms with Crippen molar-refractivity contribution in [3.05, 3.63) is 263 Å². The van der Waals surface area contributed by atoms with Crippen molar-refractivity contribution < 1.29 is 4.42 Å². The molecule has 0 N–H and O–H groups in total. The standard InChI is InChI=1S/C59H43NO/c1-38-31-44-30-29-42-21-12-13-24-49(42)57(44)54(37-53(38)41-19-8-4-9-20-41)47-33-46(50-26-16-27-52-51-25-14-15-28-56(51)61-59(50)52)34-48(35-47)58-39(2)32-45(40-17-6-3-7-18-40)36-55(60-58)43-22-10-5-11-23-43/h3-30,33-37,53,58H,1-2,31-32H2. The molecule has 9 aromatic rings. The van der Waals surface area contributed by atoms with Crippen LogP contribution in [-0.2, 0) is 6.42 Å². The summed E-state index contributed by atoms with van der Waals surface area (Å²) in [5.41, 5.74) is 17.7. The predicted molar refractivity (Wildman–Crippen MR) is 256 cm³/mol. The van der Waals surface area contributed by atoms with Gasteiger partial charge < -0.3 is 4.42 Å². The van der Waals surface area contributed by atoms with Crippen LogP contribution in [0.2, 0.25) is 0 Å². The molecule has 61 heavy (non-hydrogen) atoms. The maximum absolute atomic E-state index is 6.73. The zero-order valence-corrected chi connectivity index (χ0v) is 33.9. The van der Waals surface area contributed by atoms with Crippen LogP contribution in [0.3, 0.4) is 0 Å². The summed E-state index contributed by atoms with van der Waals surface area (Å²) in [6.45, 7) is 9.57. The SMILES string of the molecule is C=C1Cc2ccc3ccccc3c2C(c2cc(-c3cccc4c3oc3ccccc34)cc(C3N=C(c4ccccc4)C=C(c4ccccc4)CC3=C)c2)=CC1c1ccccc1. The van der Waals surface area contributed by atoms with E-state index >= 15 is 0 Å². The van der Waals surface area contributed by atoms with Crippen molar-refractivity contribution in [3.63, 3.8) is 0 Å². The van der Waals surface area contributed by atoms with Gasteiger partial charge in [0.1, 0.15) is 11.2 Å². The number of nitrogens with zero attached hydrogens (tertiary/aromatic N) is 1. The minimum Gasteiger partial charge on any atom is -0.455 e. The Labute approximate surface area is 356 Å². The maximum Gasteiger partial charge on any atom is 0.143 e. The van der Waals surface area contributed by atoms with Gasteiger partial charge in [-0.1, -0.05) is 189 Å². The Kier molecular flexibility index (Phi) is 9.12. The number of fused-ring (bicyclic) bond motifs is 6.